The van der Waals surface area contributed by atoms with E-state index in [1.165, 1.54) is 24.1 Å². The van der Waals surface area contributed by atoms with Gasteiger partial charge in [-0.05, 0) is 74.2 Å². The number of hydrogen-bond donors (Lipinski definition) is 1. The highest BCUT2D eigenvalue weighted by atomic mass is 16.2. The average molecular weight is 377 g/mol. The highest BCUT2D eigenvalue weighted by Gasteiger charge is 2.35. The minimum Gasteiger partial charge on any atom is -0.372 e. The molecule has 0 aliphatic carbocycles. The van der Waals surface area contributed by atoms with Crippen molar-refractivity contribution in [2.24, 2.45) is 5.92 Å². The van der Waals surface area contributed by atoms with Gasteiger partial charge in [0.05, 0.1) is 5.92 Å². The fourth-order valence-corrected chi connectivity index (χ4v) is 4.01. The summed E-state index contributed by atoms with van der Waals surface area (Å²) in [5, 5.41) is 2.97. The number of carbonyl (C=O) groups excluding carboxylic acids is 2. The molecule has 2 aliphatic rings. The highest BCUT2D eigenvalue weighted by Crippen LogP contribution is 2.29. The van der Waals surface area contributed by atoms with E-state index in [-0.39, 0.29) is 24.2 Å². The van der Waals surface area contributed by atoms with Gasteiger partial charge in [0.15, 0.2) is 0 Å². The summed E-state index contributed by atoms with van der Waals surface area (Å²) in [4.78, 5) is 29.3. The van der Waals surface area contributed by atoms with Gasteiger partial charge >= 0.3 is 0 Å². The topological polar surface area (TPSA) is 52.7 Å². The van der Waals surface area contributed by atoms with Gasteiger partial charge < -0.3 is 15.1 Å². The second-order valence-corrected chi connectivity index (χ2v) is 7.90. The standard InChI is InChI=1S/C23H27N3O2/c1-16-5-6-19(13-17(16)2)24-23(28)18-14-22(27)26(15-18)21-9-7-20(8-10-21)25-11-3-4-12-25/h5-10,13,18H,3-4,11-12,14-15H2,1-2H3,(H,24,28). The Morgan fingerprint density at radius 2 is 1.64 bits per heavy atom. The zero-order chi connectivity index (χ0) is 19.7. The number of hydrogen-bond acceptors (Lipinski definition) is 3. The Balaban J connectivity index is 1.41. The van der Waals surface area contributed by atoms with E-state index in [0.29, 0.717) is 6.54 Å². The van der Waals surface area contributed by atoms with Crippen LogP contribution in [0.5, 0.6) is 0 Å². The number of carbonyl (C=O) groups is 2. The van der Waals surface area contributed by atoms with Crippen molar-refractivity contribution in [1.82, 2.24) is 0 Å². The van der Waals surface area contributed by atoms with E-state index >= 15 is 0 Å². The highest BCUT2D eigenvalue weighted by molar-refractivity contribution is 6.03. The molecule has 2 amide bonds. The first kappa shape index (κ1) is 18.5. The molecule has 1 unspecified atom stereocenters. The summed E-state index contributed by atoms with van der Waals surface area (Å²) in [6, 6.07) is 14.0. The van der Waals surface area contributed by atoms with Gasteiger partial charge in [-0.2, -0.15) is 0 Å². The Morgan fingerprint density at radius 1 is 0.964 bits per heavy atom. The third kappa shape index (κ3) is 3.75. The summed E-state index contributed by atoms with van der Waals surface area (Å²) in [6.07, 6.45) is 2.73. The first-order valence-electron chi connectivity index (χ1n) is 10.0. The molecule has 1 atom stereocenters. The molecule has 2 saturated heterocycles. The summed E-state index contributed by atoms with van der Waals surface area (Å²) in [5.74, 6) is -0.408. The Kier molecular flexibility index (Phi) is 5.07. The second-order valence-electron chi connectivity index (χ2n) is 7.90. The van der Waals surface area contributed by atoms with Crippen molar-refractivity contribution in [1.29, 1.82) is 0 Å². The van der Waals surface area contributed by atoms with Crippen LogP contribution >= 0.6 is 0 Å². The summed E-state index contributed by atoms with van der Waals surface area (Å²) < 4.78 is 0. The maximum Gasteiger partial charge on any atom is 0.229 e. The SMILES string of the molecule is Cc1ccc(NC(=O)C2CC(=O)N(c3ccc(N4CCCC4)cc3)C2)cc1C. The normalized spacial score (nSPS) is 19.4. The van der Waals surface area contributed by atoms with E-state index in [1.807, 2.05) is 44.2 Å². The quantitative estimate of drug-likeness (QED) is 0.879. The molecular formula is C23H27N3O2. The second kappa shape index (κ2) is 7.66. The fraction of sp³-hybridized carbons (Fsp3) is 0.391. The maximum absolute atomic E-state index is 12.7. The molecule has 2 aliphatic heterocycles. The monoisotopic (exact) mass is 377 g/mol. The number of amides is 2. The van der Waals surface area contributed by atoms with E-state index in [9.17, 15) is 9.59 Å². The van der Waals surface area contributed by atoms with Crippen LogP contribution in [0.15, 0.2) is 42.5 Å². The molecule has 4 rings (SSSR count). The van der Waals surface area contributed by atoms with Gasteiger partial charge in [-0.3, -0.25) is 9.59 Å². The summed E-state index contributed by atoms with van der Waals surface area (Å²) >= 11 is 0. The van der Waals surface area contributed by atoms with Crippen LogP contribution in [0.25, 0.3) is 0 Å². The zero-order valence-electron chi connectivity index (χ0n) is 16.6. The van der Waals surface area contributed by atoms with Gasteiger partial charge in [-0.15, -0.1) is 0 Å². The molecule has 5 nitrogen and oxygen atoms in total. The number of anilines is 3. The molecule has 146 valence electrons. The third-order valence-electron chi connectivity index (χ3n) is 5.90. The summed E-state index contributed by atoms with van der Waals surface area (Å²) in [5.41, 5.74) is 5.19. The van der Waals surface area contributed by atoms with Crippen molar-refractivity contribution in [3.8, 4) is 0 Å². The summed E-state index contributed by atoms with van der Waals surface area (Å²) in [7, 11) is 0. The molecule has 2 heterocycles. The molecule has 1 N–H and O–H groups in total. The van der Waals surface area contributed by atoms with Gasteiger partial charge in [0, 0.05) is 43.1 Å². The lowest BCUT2D eigenvalue weighted by Crippen LogP contribution is -2.28. The fourth-order valence-electron chi connectivity index (χ4n) is 4.01. The van der Waals surface area contributed by atoms with Crippen LogP contribution in [0.1, 0.15) is 30.4 Å². The van der Waals surface area contributed by atoms with Crippen molar-refractivity contribution in [3.05, 3.63) is 53.6 Å². The lowest BCUT2D eigenvalue weighted by atomic mass is 10.1. The molecule has 2 aromatic carbocycles. The lowest BCUT2D eigenvalue weighted by molar-refractivity contribution is -0.122. The number of aryl methyl sites for hydroxylation is 2. The van der Waals surface area contributed by atoms with Gasteiger partial charge in [-0.25, -0.2) is 0 Å². The van der Waals surface area contributed by atoms with Gasteiger partial charge in [-0.1, -0.05) is 6.07 Å². The van der Waals surface area contributed by atoms with Crippen LogP contribution < -0.4 is 15.1 Å². The molecule has 2 aromatic rings. The molecule has 28 heavy (non-hydrogen) atoms. The van der Waals surface area contributed by atoms with Crippen LogP contribution in [0.2, 0.25) is 0 Å². The molecular weight excluding hydrogens is 350 g/mol. The van der Waals surface area contributed by atoms with Gasteiger partial charge in [0.2, 0.25) is 11.8 Å². The van der Waals surface area contributed by atoms with Crippen molar-refractivity contribution in [2.45, 2.75) is 33.1 Å². The Bertz CT molecular complexity index is 885. The number of nitrogens with one attached hydrogen (secondary N) is 1. The Hall–Kier alpha value is -2.82. The zero-order valence-corrected chi connectivity index (χ0v) is 16.6. The third-order valence-corrected chi connectivity index (χ3v) is 5.90. The average Bonchev–Trinajstić information content (AvgIpc) is 3.35. The van der Waals surface area contributed by atoms with Crippen molar-refractivity contribution < 1.29 is 9.59 Å². The molecule has 0 bridgehead atoms. The Morgan fingerprint density at radius 3 is 2.32 bits per heavy atom. The van der Waals surface area contributed by atoms with Gasteiger partial charge in [0.25, 0.3) is 0 Å². The van der Waals surface area contributed by atoms with E-state index in [2.05, 4.69) is 22.3 Å². The predicted molar refractivity (Wildman–Crippen MR) is 113 cm³/mol. The van der Waals surface area contributed by atoms with Crippen LogP contribution in [0.3, 0.4) is 0 Å². The van der Waals surface area contributed by atoms with Crippen LogP contribution in [-0.4, -0.2) is 31.4 Å². The van der Waals surface area contributed by atoms with E-state index in [1.54, 1.807) is 4.90 Å². The lowest BCUT2D eigenvalue weighted by Gasteiger charge is -2.20. The van der Waals surface area contributed by atoms with Crippen LogP contribution in [-0.2, 0) is 9.59 Å². The molecule has 0 radical (unpaired) electrons. The van der Waals surface area contributed by atoms with Crippen molar-refractivity contribution in [3.63, 3.8) is 0 Å². The largest absolute Gasteiger partial charge is 0.372 e. The summed E-state index contributed by atoms with van der Waals surface area (Å²) in [6.45, 7) is 6.70. The van der Waals surface area contributed by atoms with Crippen molar-refractivity contribution in [2.75, 3.05) is 34.8 Å². The molecule has 0 aromatic heterocycles. The number of rotatable bonds is 4. The first-order chi connectivity index (χ1) is 13.5. The van der Waals surface area contributed by atoms with Crippen molar-refractivity contribution >= 4 is 28.9 Å². The van der Waals surface area contributed by atoms with E-state index in [0.717, 1.165) is 30.0 Å². The van der Waals surface area contributed by atoms with Crippen LogP contribution in [0, 0.1) is 19.8 Å². The predicted octanol–water partition coefficient (Wildman–Crippen LogP) is 3.90. The minimum absolute atomic E-state index is 0.00848. The smallest absolute Gasteiger partial charge is 0.229 e. The maximum atomic E-state index is 12.7. The number of nitrogens with zero attached hydrogens (tertiary/aromatic N) is 2. The molecule has 2 fully saturated rings. The van der Waals surface area contributed by atoms with Gasteiger partial charge in [0.1, 0.15) is 0 Å². The van der Waals surface area contributed by atoms with E-state index in [4.69, 9.17) is 0 Å². The number of benzene rings is 2. The molecule has 0 saturated carbocycles. The minimum atomic E-state index is -0.327. The first-order valence-corrected chi connectivity index (χ1v) is 10.0. The molecule has 5 heteroatoms. The molecule has 0 spiro atoms. The van der Waals surface area contributed by atoms with E-state index < -0.39 is 0 Å². The van der Waals surface area contributed by atoms with Crippen LogP contribution in [0.4, 0.5) is 17.1 Å². The Labute approximate surface area is 166 Å².